The fraction of sp³-hybridized carbons (Fsp3) is 0.900. The van der Waals surface area contributed by atoms with Gasteiger partial charge in [-0.3, -0.25) is 9.59 Å². The normalized spacial score (nSPS) is 54.6. The van der Waals surface area contributed by atoms with Crippen LogP contribution in [0.4, 0.5) is 0 Å². The van der Waals surface area contributed by atoms with Gasteiger partial charge in [0.2, 0.25) is 0 Å². The highest BCUT2D eigenvalue weighted by Crippen LogP contribution is 2.66. The Hall–Kier alpha value is -0.660. The minimum Gasteiger partial charge on any atom is -0.300 e. The molecule has 4 fully saturated rings. The van der Waals surface area contributed by atoms with Crippen molar-refractivity contribution in [3.63, 3.8) is 0 Å². The summed E-state index contributed by atoms with van der Waals surface area (Å²) in [5.74, 6) is 4.40. The number of fused-ring (bicyclic) bond motifs is 5. The van der Waals surface area contributed by atoms with Crippen molar-refractivity contribution in [1.82, 2.24) is 0 Å². The third-order valence-electron chi connectivity index (χ3n) is 8.55. The minimum atomic E-state index is -0.0247. The van der Waals surface area contributed by atoms with E-state index >= 15 is 0 Å². The molecule has 4 aliphatic rings. The lowest BCUT2D eigenvalue weighted by atomic mass is 9.43. The molecule has 122 valence electrons. The minimum absolute atomic E-state index is 0.0247. The Morgan fingerprint density at radius 3 is 2.55 bits per heavy atom. The van der Waals surface area contributed by atoms with Crippen LogP contribution in [0.5, 0.6) is 0 Å². The molecule has 2 heteroatoms. The maximum Gasteiger partial charge on any atom is 0.139 e. The number of rotatable bonds is 0. The monoisotopic (exact) mass is 302 g/mol. The van der Waals surface area contributed by atoms with Gasteiger partial charge < -0.3 is 0 Å². The summed E-state index contributed by atoms with van der Waals surface area (Å²) in [6, 6.07) is 0. The van der Waals surface area contributed by atoms with Crippen molar-refractivity contribution in [2.24, 2.45) is 40.4 Å². The van der Waals surface area contributed by atoms with E-state index in [9.17, 15) is 9.59 Å². The second-order valence-corrected chi connectivity index (χ2v) is 9.37. The topological polar surface area (TPSA) is 34.1 Å². The number of carbonyl (C=O) groups is 2. The average molecular weight is 302 g/mol. The van der Waals surface area contributed by atoms with Crippen molar-refractivity contribution in [3.05, 3.63) is 0 Å². The fourth-order valence-corrected chi connectivity index (χ4v) is 7.20. The summed E-state index contributed by atoms with van der Waals surface area (Å²) < 4.78 is 0. The smallest absolute Gasteiger partial charge is 0.139 e. The van der Waals surface area contributed by atoms with E-state index in [0.29, 0.717) is 34.7 Å². The third kappa shape index (κ3) is 1.79. The average Bonchev–Trinajstić information content (AvgIpc) is 2.77. The molecule has 4 rings (SSSR count). The summed E-state index contributed by atoms with van der Waals surface area (Å²) in [6.07, 6.45) is 8.19. The van der Waals surface area contributed by atoms with Crippen LogP contribution < -0.4 is 0 Å². The van der Waals surface area contributed by atoms with Crippen LogP contribution in [0, 0.1) is 40.4 Å². The SMILES string of the molecule is C[C@H]1CC2CC(=O)CC[C@]2(C)[C@H]2CC[C@]3(C)C(=O)CC[C@H]3[C@H]12. The summed E-state index contributed by atoms with van der Waals surface area (Å²) in [5, 5.41) is 0. The summed E-state index contributed by atoms with van der Waals surface area (Å²) >= 11 is 0. The first-order valence-corrected chi connectivity index (χ1v) is 9.41. The van der Waals surface area contributed by atoms with Gasteiger partial charge in [-0.15, -0.1) is 0 Å². The molecular formula is C20H30O2. The van der Waals surface area contributed by atoms with Crippen molar-refractivity contribution in [2.45, 2.75) is 72.1 Å². The fourth-order valence-electron chi connectivity index (χ4n) is 7.20. The van der Waals surface area contributed by atoms with Crippen LogP contribution in [0.2, 0.25) is 0 Å². The first kappa shape index (κ1) is 14.9. The van der Waals surface area contributed by atoms with E-state index in [1.165, 1.54) is 12.8 Å². The predicted octanol–water partition coefficient (Wildman–Crippen LogP) is 4.41. The van der Waals surface area contributed by atoms with E-state index in [2.05, 4.69) is 20.8 Å². The number of Topliss-reactive ketones (excluding diaryl/α,β-unsaturated/α-hetero) is 2. The van der Waals surface area contributed by atoms with Crippen LogP contribution in [0.1, 0.15) is 72.1 Å². The Kier molecular flexibility index (Phi) is 3.17. The van der Waals surface area contributed by atoms with Gasteiger partial charge in [0.1, 0.15) is 11.6 Å². The maximum atomic E-state index is 12.5. The number of ketones is 2. The van der Waals surface area contributed by atoms with Gasteiger partial charge in [-0.25, -0.2) is 0 Å². The molecule has 0 spiro atoms. The summed E-state index contributed by atoms with van der Waals surface area (Å²) in [4.78, 5) is 24.4. The van der Waals surface area contributed by atoms with Crippen LogP contribution in [-0.2, 0) is 9.59 Å². The molecule has 7 atom stereocenters. The summed E-state index contributed by atoms with van der Waals surface area (Å²) in [5.41, 5.74) is 0.334. The Bertz CT molecular complexity index is 524. The zero-order valence-corrected chi connectivity index (χ0v) is 14.4. The van der Waals surface area contributed by atoms with E-state index < -0.39 is 0 Å². The number of carbonyl (C=O) groups excluding carboxylic acids is 2. The van der Waals surface area contributed by atoms with Gasteiger partial charge in [0, 0.05) is 24.7 Å². The lowest BCUT2D eigenvalue weighted by Gasteiger charge is -2.61. The van der Waals surface area contributed by atoms with E-state index in [4.69, 9.17) is 0 Å². The van der Waals surface area contributed by atoms with Crippen molar-refractivity contribution >= 4 is 11.6 Å². The second kappa shape index (κ2) is 4.68. The molecule has 0 radical (unpaired) electrons. The molecule has 4 aliphatic carbocycles. The highest BCUT2D eigenvalue weighted by atomic mass is 16.1. The zero-order valence-electron chi connectivity index (χ0n) is 14.4. The Balaban J connectivity index is 1.70. The Labute approximate surface area is 134 Å². The highest BCUT2D eigenvalue weighted by molar-refractivity contribution is 5.87. The zero-order chi connectivity index (χ0) is 15.7. The molecule has 22 heavy (non-hydrogen) atoms. The molecule has 1 unspecified atom stereocenters. The Morgan fingerprint density at radius 1 is 1.00 bits per heavy atom. The van der Waals surface area contributed by atoms with Crippen LogP contribution in [0.3, 0.4) is 0 Å². The summed E-state index contributed by atoms with van der Waals surface area (Å²) in [6.45, 7) is 7.15. The van der Waals surface area contributed by atoms with Crippen LogP contribution in [-0.4, -0.2) is 11.6 Å². The van der Waals surface area contributed by atoms with Gasteiger partial charge >= 0.3 is 0 Å². The van der Waals surface area contributed by atoms with Crippen LogP contribution in [0.25, 0.3) is 0 Å². The first-order chi connectivity index (χ1) is 10.4. The van der Waals surface area contributed by atoms with E-state index in [0.717, 1.165) is 50.4 Å². The van der Waals surface area contributed by atoms with Gasteiger partial charge in [0.25, 0.3) is 0 Å². The molecule has 0 aliphatic heterocycles. The van der Waals surface area contributed by atoms with E-state index in [1.807, 2.05) is 0 Å². The predicted molar refractivity (Wildman–Crippen MR) is 86.3 cm³/mol. The van der Waals surface area contributed by atoms with Crippen molar-refractivity contribution in [2.75, 3.05) is 0 Å². The van der Waals surface area contributed by atoms with Gasteiger partial charge in [-0.05, 0) is 67.1 Å². The number of hydrogen-bond acceptors (Lipinski definition) is 2. The Morgan fingerprint density at radius 2 is 1.77 bits per heavy atom. The largest absolute Gasteiger partial charge is 0.300 e. The van der Waals surface area contributed by atoms with Gasteiger partial charge in [-0.2, -0.15) is 0 Å². The molecule has 0 heterocycles. The molecule has 0 aromatic carbocycles. The quantitative estimate of drug-likeness (QED) is 0.664. The second-order valence-electron chi connectivity index (χ2n) is 9.37. The first-order valence-electron chi connectivity index (χ1n) is 9.41. The number of hydrogen-bond donors (Lipinski definition) is 0. The van der Waals surface area contributed by atoms with Gasteiger partial charge in [0.05, 0.1) is 0 Å². The van der Waals surface area contributed by atoms with Crippen LogP contribution >= 0.6 is 0 Å². The molecule has 4 saturated carbocycles. The summed E-state index contributed by atoms with van der Waals surface area (Å²) in [7, 11) is 0. The lowest BCUT2D eigenvalue weighted by Crippen LogP contribution is -2.56. The van der Waals surface area contributed by atoms with Gasteiger partial charge in [-0.1, -0.05) is 20.8 Å². The van der Waals surface area contributed by atoms with Crippen molar-refractivity contribution in [3.8, 4) is 0 Å². The standard InChI is InChI=1S/C20H30O2/c1-12-10-13-11-14(21)6-8-19(13,2)16-7-9-20(3)15(18(12)16)4-5-17(20)22/h12-13,15-16,18H,4-11H2,1-3H3/t12-,13?,15-,16-,18-,19-,20-/m0/s1. The highest BCUT2D eigenvalue weighted by Gasteiger charge is 2.61. The van der Waals surface area contributed by atoms with E-state index in [-0.39, 0.29) is 5.41 Å². The third-order valence-corrected chi connectivity index (χ3v) is 8.55. The molecule has 2 nitrogen and oxygen atoms in total. The molecule has 0 N–H and O–H groups in total. The molecule has 0 bridgehead atoms. The van der Waals surface area contributed by atoms with Gasteiger partial charge in [0.15, 0.2) is 0 Å². The molecule has 0 saturated heterocycles. The molecule has 0 aromatic heterocycles. The van der Waals surface area contributed by atoms with E-state index in [1.54, 1.807) is 0 Å². The van der Waals surface area contributed by atoms with Crippen molar-refractivity contribution < 1.29 is 9.59 Å². The molecule has 0 aromatic rings. The van der Waals surface area contributed by atoms with Crippen molar-refractivity contribution in [1.29, 1.82) is 0 Å². The molecular weight excluding hydrogens is 272 g/mol. The lowest BCUT2D eigenvalue weighted by molar-refractivity contribution is -0.152. The maximum absolute atomic E-state index is 12.5. The molecule has 0 amide bonds. The van der Waals surface area contributed by atoms with Crippen LogP contribution in [0.15, 0.2) is 0 Å².